The molecular weight excluding hydrogens is 528 g/mol. The van der Waals surface area contributed by atoms with Crippen molar-refractivity contribution < 1.29 is 19.4 Å². The van der Waals surface area contributed by atoms with E-state index in [1.807, 2.05) is 41.6 Å². The SMILES string of the molecule is CC(NNC(=O)c1ccc(C(=O)NN2CCOCC2)s1)c1csc(-c2ccc(Br)cc2)c1O. The van der Waals surface area contributed by atoms with Crippen LogP contribution < -0.4 is 16.3 Å². The van der Waals surface area contributed by atoms with E-state index in [-0.39, 0.29) is 23.6 Å². The monoisotopic (exact) mass is 550 g/mol. The molecule has 3 aromatic rings. The standard InChI is InChI=1S/C22H23BrN4O4S2/c1-13(16-12-32-20(19(16)28)14-2-4-15(23)5-3-14)24-25-21(29)17-6-7-18(33-17)22(30)26-27-8-10-31-11-9-27/h2-7,12-13,24,28H,8-11H2,1H3,(H,25,29)(H,26,30). The third-order valence-electron chi connectivity index (χ3n) is 5.09. The van der Waals surface area contributed by atoms with E-state index in [2.05, 4.69) is 32.2 Å². The highest BCUT2D eigenvalue weighted by Crippen LogP contribution is 2.41. The molecule has 0 saturated carbocycles. The molecule has 1 fully saturated rings. The average molecular weight is 551 g/mol. The van der Waals surface area contributed by atoms with Gasteiger partial charge in [-0.3, -0.25) is 20.4 Å². The zero-order valence-electron chi connectivity index (χ0n) is 17.8. The number of hydrogen-bond acceptors (Lipinski definition) is 8. The Morgan fingerprint density at radius 1 is 1.09 bits per heavy atom. The number of aromatic hydroxyl groups is 1. The lowest BCUT2D eigenvalue weighted by Gasteiger charge is -2.26. The maximum atomic E-state index is 12.6. The Hall–Kier alpha value is -2.28. The highest BCUT2D eigenvalue weighted by Gasteiger charge is 2.20. The highest BCUT2D eigenvalue weighted by molar-refractivity contribution is 9.10. The topological polar surface area (TPSA) is 103 Å². The van der Waals surface area contributed by atoms with Crippen LogP contribution in [0.1, 0.15) is 37.9 Å². The molecule has 0 spiro atoms. The predicted octanol–water partition coefficient (Wildman–Crippen LogP) is 3.92. The van der Waals surface area contributed by atoms with Crippen LogP contribution in [0, 0.1) is 0 Å². The molecule has 1 aliphatic heterocycles. The fraction of sp³-hybridized carbons (Fsp3) is 0.273. The van der Waals surface area contributed by atoms with Crippen molar-refractivity contribution in [3.8, 4) is 16.2 Å². The molecule has 1 atom stereocenters. The van der Waals surface area contributed by atoms with Crippen LogP contribution in [0.3, 0.4) is 0 Å². The number of morpholine rings is 1. The lowest BCUT2D eigenvalue weighted by molar-refractivity contribution is 0.0127. The fourth-order valence-corrected chi connectivity index (χ4v) is 5.36. The van der Waals surface area contributed by atoms with Crippen LogP contribution in [-0.4, -0.2) is 48.2 Å². The Bertz CT molecular complexity index is 1130. The summed E-state index contributed by atoms with van der Waals surface area (Å²) in [6.45, 7) is 4.26. The molecule has 2 aromatic heterocycles. The summed E-state index contributed by atoms with van der Waals surface area (Å²) < 4.78 is 6.24. The largest absolute Gasteiger partial charge is 0.506 e. The summed E-state index contributed by atoms with van der Waals surface area (Å²) in [6, 6.07) is 10.6. The number of carbonyl (C=O) groups is 2. The van der Waals surface area contributed by atoms with Gasteiger partial charge in [0.15, 0.2) is 0 Å². The quantitative estimate of drug-likeness (QED) is 0.332. The first-order valence-corrected chi connectivity index (χ1v) is 12.8. The van der Waals surface area contributed by atoms with Gasteiger partial charge in [0.05, 0.1) is 33.9 Å². The van der Waals surface area contributed by atoms with E-state index < -0.39 is 0 Å². The van der Waals surface area contributed by atoms with Crippen molar-refractivity contribution in [3.05, 3.63) is 61.6 Å². The molecule has 0 bridgehead atoms. The molecule has 0 radical (unpaired) electrons. The van der Waals surface area contributed by atoms with Gasteiger partial charge in [-0.05, 0) is 36.8 Å². The molecule has 0 aliphatic carbocycles. The van der Waals surface area contributed by atoms with Crippen molar-refractivity contribution in [2.24, 2.45) is 0 Å². The van der Waals surface area contributed by atoms with Crippen molar-refractivity contribution in [2.45, 2.75) is 13.0 Å². The number of amides is 2. The van der Waals surface area contributed by atoms with E-state index in [1.165, 1.54) is 11.3 Å². The number of hydrazine groups is 2. The van der Waals surface area contributed by atoms with Crippen molar-refractivity contribution >= 4 is 50.4 Å². The maximum absolute atomic E-state index is 12.6. The number of rotatable bonds is 7. The second kappa shape index (κ2) is 10.8. The van der Waals surface area contributed by atoms with Crippen LogP contribution >= 0.6 is 38.6 Å². The normalized spacial score (nSPS) is 15.2. The summed E-state index contributed by atoms with van der Waals surface area (Å²) in [5.41, 5.74) is 10.0. The lowest BCUT2D eigenvalue weighted by atomic mass is 10.1. The molecular formula is C22H23BrN4O4S2. The number of nitrogens with zero attached hydrogens (tertiary/aromatic N) is 1. The number of hydrogen-bond donors (Lipinski definition) is 4. The maximum Gasteiger partial charge on any atom is 0.275 e. The Balaban J connectivity index is 1.33. The van der Waals surface area contributed by atoms with Gasteiger partial charge in [0.1, 0.15) is 5.75 Å². The molecule has 4 rings (SSSR count). The summed E-state index contributed by atoms with van der Waals surface area (Å²) in [4.78, 5) is 26.6. The smallest absolute Gasteiger partial charge is 0.275 e. The molecule has 33 heavy (non-hydrogen) atoms. The number of carbonyl (C=O) groups excluding carboxylic acids is 2. The molecule has 11 heteroatoms. The van der Waals surface area contributed by atoms with Crippen molar-refractivity contribution in [3.63, 3.8) is 0 Å². The summed E-state index contributed by atoms with van der Waals surface area (Å²) in [7, 11) is 0. The zero-order valence-corrected chi connectivity index (χ0v) is 21.0. The van der Waals surface area contributed by atoms with Crippen LogP contribution in [0.15, 0.2) is 46.3 Å². The Morgan fingerprint density at radius 2 is 1.76 bits per heavy atom. The number of halogens is 1. The summed E-state index contributed by atoms with van der Waals surface area (Å²) in [6.07, 6.45) is 0. The van der Waals surface area contributed by atoms with Gasteiger partial charge in [-0.15, -0.1) is 22.7 Å². The Kier molecular flexibility index (Phi) is 7.78. The van der Waals surface area contributed by atoms with Gasteiger partial charge < -0.3 is 9.84 Å². The molecule has 2 amide bonds. The summed E-state index contributed by atoms with van der Waals surface area (Å²) >= 11 is 5.97. The third kappa shape index (κ3) is 5.81. The van der Waals surface area contributed by atoms with E-state index in [1.54, 1.807) is 12.1 Å². The molecule has 4 N–H and O–H groups in total. The second-order valence-electron chi connectivity index (χ2n) is 7.40. The van der Waals surface area contributed by atoms with Crippen LogP contribution in [0.25, 0.3) is 10.4 Å². The van der Waals surface area contributed by atoms with Crippen molar-refractivity contribution in [2.75, 3.05) is 26.3 Å². The van der Waals surface area contributed by atoms with Gasteiger partial charge in [0, 0.05) is 28.5 Å². The number of benzene rings is 1. The summed E-state index contributed by atoms with van der Waals surface area (Å²) in [5, 5.41) is 14.4. The zero-order chi connectivity index (χ0) is 23.4. The minimum atomic E-state index is -0.347. The number of ether oxygens (including phenoxy) is 1. The van der Waals surface area contributed by atoms with Crippen LogP contribution in [0.2, 0.25) is 0 Å². The van der Waals surface area contributed by atoms with E-state index in [0.717, 1.165) is 26.3 Å². The molecule has 1 unspecified atom stereocenters. The first kappa shape index (κ1) is 23.9. The minimum absolute atomic E-state index is 0.190. The van der Waals surface area contributed by atoms with E-state index >= 15 is 0 Å². The molecule has 1 saturated heterocycles. The van der Waals surface area contributed by atoms with Crippen molar-refractivity contribution in [1.29, 1.82) is 0 Å². The van der Waals surface area contributed by atoms with Crippen LogP contribution in [0.4, 0.5) is 0 Å². The van der Waals surface area contributed by atoms with E-state index in [9.17, 15) is 14.7 Å². The Morgan fingerprint density at radius 3 is 2.45 bits per heavy atom. The van der Waals surface area contributed by atoms with E-state index in [4.69, 9.17) is 4.74 Å². The lowest BCUT2D eigenvalue weighted by Crippen LogP contribution is -2.48. The van der Waals surface area contributed by atoms with Crippen LogP contribution in [0.5, 0.6) is 5.75 Å². The van der Waals surface area contributed by atoms with E-state index in [0.29, 0.717) is 41.6 Å². The first-order valence-electron chi connectivity index (χ1n) is 10.3. The predicted molar refractivity (Wildman–Crippen MR) is 132 cm³/mol. The van der Waals surface area contributed by atoms with Gasteiger partial charge in [-0.2, -0.15) is 0 Å². The van der Waals surface area contributed by atoms with Gasteiger partial charge in [-0.25, -0.2) is 10.4 Å². The number of nitrogens with one attached hydrogen (secondary N) is 3. The molecule has 8 nitrogen and oxygen atoms in total. The fourth-order valence-electron chi connectivity index (χ4n) is 3.25. The first-order chi connectivity index (χ1) is 15.9. The highest BCUT2D eigenvalue weighted by atomic mass is 79.9. The van der Waals surface area contributed by atoms with Gasteiger partial charge in [0.2, 0.25) is 0 Å². The Labute approximate surface area is 207 Å². The van der Waals surface area contributed by atoms with Crippen LogP contribution in [-0.2, 0) is 4.74 Å². The summed E-state index contributed by atoms with van der Waals surface area (Å²) in [5.74, 6) is -0.402. The third-order valence-corrected chi connectivity index (χ3v) is 7.74. The molecule has 1 aliphatic rings. The van der Waals surface area contributed by atoms with Crippen molar-refractivity contribution in [1.82, 2.24) is 21.3 Å². The van der Waals surface area contributed by atoms with Gasteiger partial charge >= 0.3 is 0 Å². The average Bonchev–Trinajstić information content (AvgIpc) is 3.46. The van der Waals surface area contributed by atoms with Gasteiger partial charge in [0.25, 0.3) is 11.8 Å². The number of thiophene rings is 2. The molecule has 174 valence electrons. The molecule has 1 aromatic carbocycles. The molecule has 3 heterocycles. The second-order valence-corrected chi connectivity index (χ2v) is 10.3. The van der Waals surface area contributed by atoms with Gasteiger partial charge in [-0.1, -0.05) is 28.1 Å². The minimum Gasteiger partial charge on any atom is -0.506 e.